The molecular formula is C11H19N3. The van der Waals surface area contributed by atoms with Crippen molar-refractivity contribution in [1.82, 2.24) is 4.98 Å². The highest BCUT2D eigenvalue weighted by molar-refractivity contribution is 5.38. The Morgan fingerprint density at radius 2 is 2.14 bits per heavy atom. The van der Waals surface area contributed by atoms with Crippen LogP contribution in [0, 0.1) is 12.8 Å². The number of anilines is 1. The zero-order valence-corrected chi connectivity index (χ0v) is 9.17. The number of hydrogen-bond acceptors (Lipinski definition) is 3. The standard InChI is InChI=1S/C11H19N3/c1-8(2)7-13-11-5-4-10(6-12)9(3)14-11/h4-5,8H,6-7,12H2,1-3H3,(H,13,14). The summed E-state index contributed by atoms with van der Waals surface area (Å²) in [5.41, 5.74) is 7.69. The highest BCUT2D eigenvalue weighted by Gasteiger charge is 2.00. The summed E-state index contributed by atoms with van der Waals surface area (Å²) < 4.78 is 0. The Morgan fingerprint density at radius 1 is 1.43 bits per heavy atom. The second-order valence-electron chi connectivity index (χ2n) is 3.92. The van der Waals surface area contributed by atoms with E-state index in [1.54, 1.807) is 0 Å². The first-order valence-corrected chi connectivity index (χ1v) is 5.04. The van der Waals surface area contributed by atoms with E-state index in [1.165, 1.54) is 0 Å². The highest BCUT2D eigenvalue weighted by atomic mass is 15.0. The van der Waals surface area contributed by atoms with Crippen molar-refractivity contribution in [2.75, 3.05) is 11.9 Å². The van der Waals surface area contributed by atoms with Crippen molar-refractivity contribution in [2.24, 2.45) is 11.7 Å². The number of hydrogen-bond donors (Lipinski definition) is 2. The molecule has 0 radical (unpaired) electrons. The van der Waals surface area contributed by atoms with Crippen molar-refractivity contribution < 1.29 is 0 Å². The lowest BCUT2D eigenvalue weighted by molar-refractivity contribution is 0.686. The van der Waals surface area contributed by atoms with Gasteiger partial charge in [0.2, 0.25) is 0 Å². The summed E-state index contributed by atoms with van der Waals surface area (Å²) in [7, 11) is 0. The van der Waals surface area contributed by atoms with Gasteiger partial charge in [-0.25, -0.2) is 4.98 Å². The molecule has 0 aliphatic rings. The molecule has 0 atom stereocenters. The molecule has 1 rings (SSSR count). The van der Waals surface area contributed by atoms with Crippen LogP contribution in [0.4, 0.5) is 5.82 Å². The van der Waals surface area contributed by atoms with E-state index in [-0.39, 0.29) is 0 Å². The molecule has 0 fully saturated rings. The van der Waals surface area contributed by atoms with E-state index in [0.29, 0.717) is 12.5 Å². The molecular weight excluding hydrogens is 174 g/mol. The summed E-state index contributed by atoms with van der Waals surface area (Å²) in [6.07, 6.45) is 0. The molecule has 0 bridgehead atoms. The number of aryl methyl sites for hydroxylation is 1. The second-order valence-corrected chi connectivity index (χ2v) is 3.92. The van der Waals surface area contributed by atoms with Gasteiger partial charge < -0.3 is 11.1 Å². The van der Waals surface area contributed by atoms with Crippen LogP contribution in [0.25, 0.3) is 0 Å². The molecule has 0 unspecified atom stereocenters. The third-order valence-electron chi connectivity index (χ3n) is 2.11. The van der Waals surface area contributed by atoms with Gasteiger partial charge in [-0.05, 0) is 24.5 Å². The largest absolute Gasteiger partial charge is 0.370 e. The first-order chi connectivity index (χ1) is 6.63. The molecule has 14 heavy (non-hydrogen) atoms. The molecule has 1 aromatic rings. The highest BCUT2D eigenvalue weighted by Crippen LogP contribution is 2.10. The summed E-state index contributed by atoms with van der Waals surface area (Å²) in [6, 6.07) is 4.02. The minimum atomic E-state index is 0.559. The van der Waals surface area contributed by atoms with Gasteiger partial charge in [-0.2, -0.15) is 0 Å². The number of rotatable bonds is 4. The van der Waals surface area contributed by atoms with Crippen molar-refractivity contribution in [1.29, 1.82) is 0 Å². The van der Waals surface area contributed by atoms with Crippen LogP contribution in [0.3, 0.4) is 0 Å². The fraction of sp³-hybridized carbons (Fsp3) is 0.545. The van der Waals surface area contributed by atoms with Crippen LogP contribution in [0.1, 0.15) is 25.1 Å². The van der Waals surface area contributed by atoms with Crippen molar-refractivity contribution in [2.45, 2.75) is 27.3 Å². The van der Waals surface area contributed by atoms with E-state index in [4.69, 9.17) is 5.73 Å². The first kappa shape index (κ1) is 11.0. The zero-order valence-electron chi connectivity index (χ0n) is 9.17. The van der Waals surface area contributed by atoms with E-state index in [9.17, 15) is 0 Å². The predicted octanol–water partition coefficient (Wildman–Crippen LogP) is 1.92. The summed E-state index contributed by atoms with van der Waals surface area (Å²) >= 11 is 0. The van der Waals surface area contributed by atoms with Gasteiger partial charge in [-0.3, -0.25) is 0 Å². The first-order valence-electron chi connectivity index (χ1n) is 5.04. The minimum absolute atomic E-state index is 0.559. The second kappa shape index (κ2) is 4.96. The number of nitrogens with zero attached hydrogens (tertiary/aromatic N) is 1. The Hall–Kier alpha value is -1.09. The summed E-state index contributed by atoms with van der Waals surface area (Å²) in [6.45, 7) is 7.85. The molecule has 0 saturated carbocycles. The van der Waals surface area contributed by atoms with Crippen LogP contribution < -0.4 is 11.1 Å². The Balaban J connectivity index is 2.66. The minimum Gasteiger partial charge on any atom is -0.370 e. The lowest BCUT2D eigenvalue weighted by Gasteiger charge is -2.10. The molecule has 1 aromatic heterocycles. The number of nitrogens with two attached hydrogens (primary N) is 1. The Labute approximate surface area is 85.7 Å². The maximum atomic E-state index is 5.56. The van der Waals surface area contributed by atoms with E-state index in [1.807, 2.05) is 19.1 Å². The van der Waals surface area contributed by atoms with Gasteiger partial charge in [0.1, 0.15) is 5.82 Å². The molecule has 1 heterocycles. The third-order valence-corrected chi connectivity index (χ3v) is 2.11. The summed E-state index contributed by atoms with van der Waals surface area (Å²) in [4.78, 5) is 4.42. The van der Waals surface area contributed by atoms with E-state index < -0.39 is 0 Å². The zero-order chi connectivity index (χ0) is 10.6. The van der Waals surface area contributed by atoms with Gasteiger partial charge in [0, 0.05) is 18.8 Å². The van der Waals surface area contributed by atoms with E-state index in [0.717, 1.165) is 23.6 Å². The summed E-state index contributed by atoms with van der Waals surface area (Å²) in [5, 5.41) is 3.28. The van der Waals surface area contributed by atoms with Gasteiger partial charge in [0.25, 0.3) is 0 Å². The molecule has 0 aromatic carbocycles. The Kier molecular flexibility index (Phi) is 3.89. The van der Waals surface area contributed by atoms with Crippen molar-refractivity contribution in [3.8, 4) is 0 Å². The van der Waals surface area contributed by atoms with Crippen LogP contribution in [0.15, 0.2) is 12.1 Å². The van der Waals surface area contributed by atoms with Crippen LogP contribution in [-0.4, -0.2) is 11.5 Å². The molecule has 0 spiro atoms. The van der Waals surface area contributed by atoms with Crippen molar-refractivity contribution >= 4 is 5.82 Å². The van der Waals surface area contributed by atoms with E-state index >= 15 is 0 Å². The van der Waals surface area contributed by atoms with Crippen molar-refractivity contribution in [3.63, 3.8) is 0 Å². The summed E-state index contributed by atoms with van der Waals surface area (Å²) in [5.74, 6) is 1.57. The van der Waals surface area contributed by atoms with Gasteiger partial charge in [-0.1, -0.05) is 19.9 Å². The lowest BCUT2D eigenvalue weighted by Crippen LogP contribution is -2.10. The topological polar surface area (TPSA) is 50.9 Å². The van der Waals surface area contributed by atoms with Gasteiger partial charge in [-0.15, -0.1) is 0 Å². The Morgan fingerprint density at radius 3 is 2.64 bits per heavy atom. The molecule has 3 N–H and O–H groups in total. The van der Waals surface area contributed by atoms with Gasteiger partial charge in [0.05, 0.1) is 0 Å². The molecule has 0 aliphatic carbocycles. The number of pyridine rings is 1. The fourth-order valence-corrected chi connectivity index (χ4v) is 1.21. The lowest BCUT2D eigenvalue weighted by atomic mass is 10.2. The van der Waals surface area contributed by atoms with E-state index in [2.05, 4.69) is 24.1 Å². The third kappa shape index (κ3) is 3.00. The SMILES string of the molecule is Cc1nc(NCC(C)C)ccc1CN. The van der Waals surface area contributed by atoms with Gasteiger partial charge in [0.15, 0.2) is 0 Å². The normalized spacial score (nSPS) is 10.6. The van der Waals surface area contributed by atoms with Crippen molar-refractivity contribution in [3.05, 3.63) is 23.4 Å². The van der Waals surface area contributed by atoms with Gasteiger partial charge >= 0.3 is 0 Å². The molecule has 0 aliphatic heterocycles. The molecule has 0 amide bonds. The number of aromatic nitrogens is 1. The molecule has 0 saturated heterocycles. The van der Waals surface area contributed by atoms with Crippen LogP contribution >= 0.6 is 0 Å². The molecule has 3 nitrogen and oxygen atoms in total. The van der Waals surface area contributed by atoms with Crippen LogP contribution in [0.2, 0.25) is 0 Å². The van der Waals surface area contributed by atoms with Crippen LogP contribution in [-0.2, 0) is 6.54 Å². The van der Waals surface area contributed by atoms with Crippen LogP contribution in [0.5, 0.6) is 0 Å². The predicted molar refractivity (Wildman–Crippen MR) is 60.2 cm³/mol. The smallest absolute Gasteiger partial charge is 0.126 e. The maximum Gasteiger partial charge on any atom is 0.126 e. The average molecular weight is 193 g/mol. The molecule has 3 heteroatoms. The quantitative estimate of drug-likeness (QED) is 0.768. The molecule has 78 valence electrons. The number of nitrogens with one attached hydrogen (secondary N) is 1. The monoisotopic (exact) mass is 193 g/mol. The Bertz CT molecular complexity index is 295. The maximum absolute atomic E-state index is 5.56. The fourth-order valence-electron chi connectivity index (χ4n) is 1.21. The average Bonchev–Trinajstić information content (AvgIpc) is 2.15.